The fourth-order valence-corrected chi connectivity index (χ4v) is 6.20. The third kappa shape index (κ3) is 21.1. The van der Waals surface area contributed by atoms with Crippen molar-refractivity contribution >= 4 is 33.7 Å². The summed E-state index contributed by atoms with van der Waals surface area (Å²) in [5, 5.41) is 5.86. The molecule has 0 aliphatic rings. The molecule has 0 aliphatic heterocycles. The minimum absolute atomic E-state index is 0.0176. The van der Waals surface area contributed by atoms with Gasteiger partial charge in [0.15, 0.2) is 0 Å². The second-order valence-electron chi connectivity index (χ2n) is 12.3. The molecule has 2 amide bonds. The number of carbonyl (C=O) groups is 4. The van der Waals surface area contributed by atoms with E-state index in [1.54, 1.807) is 18.2 Å². The van der Waals surface area contributed by atoms with Gasteiger partial charge in [-0.3, -0.25) is 19.2 Å². The highest BCUT2D eigenvalue weighted by atomic mass is 32.2. The van der Waals surface area contributed by atoms with Gasteiger partial charge < -0.3 is 14.8 Å². The maximum absolute atomic E-state index is 13.1. The Bertz CT molecular complexity index is 1090. The van der Waals surface area contributed by atoms with Crippen LogP contribution in [0.15, 0.2) is 35.2 Å². The van der Waals surface area contributed by atoms with Gasteiger partial charge in [0.25, 0.3) is 0 Å². The molecule has 0 saturated heterocycles. The van der Waals surface area contributed by atoms with Crippen molar-refractivity contribution in [1.82, 2.24) is 10.6 Å². The Balaban J connectivity index is 2.48. The molecule has 10 heteroatoms. The predicted molar refractivity (Wildman–Crippen MR) is 183 cm³/mol. The maximum atomic E-state index is 13.1. The van der Waals surface area contributed by atoms with Crippen LogP contribution in [-0.2, 0) is 33.5 Å². The first-order valence-electron chi connectivity index (χ1n) is 17.8. The van der Waals surface area contributed by atoms with E-state index in [4.69, 9.17) is 4.18 Å². The number of nitrogens with one attached hydrogen (secondary N) is 2. The molecule has 0 aromatic heterocycles. The number of rotatable bonds is 29. The molecule has 0 spiro atoms. The van der Waals surface area contributed by atoms with Crippen LogP contribution in [0, 0.1) is 5.92 Å². The largest absolute Gasteiger partial charge is 0.356 e. The van der Waals surface area contributed by atoms with Gasteiger partial charge in [0, 0.05) is 44.7 Å². The van der Waals surface area contributed by atoms with Crippen molar-refractivity contribution in [3.05, 3.63) is 30.3 Å². The Morgan fingerprint density at radius 2 is 1.11 bits per heavy atom. The van der Waals surface area contributed by atoms with E-state index < -0.39 is 22.0 Å². The summed E-state index contributed by atoms with van der Waals surface area (Å²) in [7, 11) is -4.23. The fraction of sp³-hybridized carbons (Fsp3) is 0.722. The lowest BCUT2D eigenvalue weighted by Crippen LogP contribution is -2.28. The third-order valence-corrected chi connectivity index (χ3v) is 9.39. The minimum atomic E-state index is -4.23. The normalized spacial score (nSPS) is 12.0. The van der Waals surface area contributed by atoms with Gasteiger partial charge >= 0.3 is 16.1 Å². The number of carbonyl (C=O) groups excluding carboxylic acids is 4. The topological polar surface area (TPSA) is 136 Å². The van der Waals surface area contributed by atoms with Crippen LogP contribution in [0.2, 0.25) is 0 Å². The van der Waals surface area contributed by atoms with Crippen LogP contribution < -0.4 is 10.6 Å². The molecule has 0 saturated carbocycles. The number of ketones is 1. The smallest absolute Gasteiger partial charge is 0.341 e. The third-order valence-electron chi connectivity index (χ3n) is 8.14. The Hall–Kier alpha value is -2.75. The summed E-state index contributed by atoms with van der Waals surface area (Å²) in [6, 6.07) is 7.45. The van der Waals surface area contributed by atoms with Crippen LogP contribution in [0.3, 0.4) is 0 Å². The molecule has 2 N–H and O–H groups in total. The molecule has 0 aliphatic carbocycles. The molecule has 0 heterocycles. The van der Waals surface area contributed by atoms with Crippen LogP contribution >= 0.6 is 0 Å². The SMILES string of the molecule is CCCCCCCCC(=O)NCCCCCC(=O)C(CCNC(=O)CCCCCCCC)CCC(=O)OS(=O)(=O)c1ccccc1. The van der Waals surface area contributed by atoms with E-state index in [2.05, 4.69) is 24.5 Å². The van der Waals surface area contributed by atoms with Crippen molar-refractivity contribution in [3.63, 3.8) is 0 Å². The zero-order valence-corrected chi connectivity index (χ0v) is 29.3. The lowest BCUT2D eigenvalue weighted by atomic mass is 9.91. The van der Waals surface area contributed by atoms with E-state index in [0.717, 1.165) is 44.9 Å². The van der Waals surface area contributed by atoms with Gasteiger partial charge in [0.05, 0.1) is 0 Å². The molecule has 0 fully saturated rings. The highest BCUT2D eigenvalue weighted by Crippen LogP contribution is 2.19. The standard InChI is InChI=1S/C36H60N2O7S/c1-3-5-7-9-11-18-24-34(40)37-29-20-14-17-23-33(39)31(28-30-38-35(41)25-19-12-10-8-6-4-2)26-27-36(42)45-46(43,44)32-21-15-13-16-22-32/h13,15-16,21-22,31H,3-12,14,17-20,23-30H2,1-2H3,(H,37,40)(H,38,41). The zero-order valence-electron chi connectivity index (χ0n) is 28.5. The van der Waals surface area contributed by atoms with Crippen molar-refractivity contribution in [1.29, 1.82) is 0 Å². The highest BCUT2D eigenvalue weighted by molar-refractivity contribution is 7.87. The number of Topliss-reactive ketones (excluding diaryl/α,β-unsaturated/α-hetero) is 1. The van der Waals surface area contributed by atoms with Crippen LogP contribution in [0.25, 0.3) is 0 Å². The Kier molecular flexibility index (Phi) is 23.6. The molecule has 1 aromatic carbocycles. The summed E-state index contributed by atoms with van der Waals surface area (Å²) in [5.41, 5.74) is 0. The average Bonchev–Trinajstić information content (AvgIpc) is 3.03. The Labute approximate surface area is 278 Å². The quantitative estimate of drug-likeness (QED) is 0.0666. The van der Waals surface area contributed by atoms with Crippen molar-refractivity contribution in [3.8, 4) is 0 Å². The van der Waals surface area contributed by atoms with Crippen molar-refractivity contribution in [2.45, 2.75) is 154 Å². The van der Waals surface area contributed by atoms with Crippen molar-refractivity contribution in [2.24, 2.45) is 5.92 Å². The van der Waals surface area contributed by atoms with Crippen LogP contribution in [0.5, 0.6) is 0 Å². The molecular weight excluding hydrogens is 604 g/mol. The molecule has 1 rings (SSSR count). The van der Waals surface area contributed by atoms with Gasteiger partial charge in [-0.15, -0.1) is 0 Å². The van der Waals surface area contributed by atoms with Gasteiger partial charge in [-0.1, -0.05) is 103 Å². The molecule has 0 bridgehead atoms. The average molecular weight is 665 g/mol. The van der Waals surface area contributed by atoms with E-state index in [9.17, 15) is 27.6 Å². The highest BCUT2D eigenvalue weighted by Gasteiger charge is 2.23. The second kappa shape index (κ2) is 26.3. The van der Waals surface area contributed by atoms with E-state index in [1.807, 2.05) is 0 Å². The van der Waals surface area contributed by atoms with Gasteiger partial charge in [0.1, 0.15) is 10.7 Å². The first kappa shape index (κ1) is 41.3. The lowest BCUT2D eigenvalue weighted by Gasteiger charge is -2.16. The van der Waals surface area contributed by atoms with Crippen LogP contribution in [-0.4, -0.2) is 45.1 Å². The number of hydrogen-bond acceptors (Lipinski definition) is 7. The van der Waals surface area contributed by atoms with Gasteiger partial charge in [0.2, 0.25) is 11.8 Å². The molecule has 1 atom stereocenters. The minimum Gasteiger partial charge on any atom is -0.356 e. The Morgan fingerprint density at radius 3 is 1.70 bits per heavy atom. The lowest BCUT2D eigenvalue weighted by molar-refractivity contribution is -0.134. The molecule has 262 valence electrons. The number of hydrogen-bond donors (Lipinski definition) is 2. The monoisotopic (exact) mass is 664 g/mol. The molecule has 1 aromatic rings. The summed E-state index contributed by atoms with van der Waals surface area (Å²) in [6.07, 6.45) is 17.2. The van der Waals surface area contributed by atoms with Crippen LogP contribution in [0.1, 0.15) is 149 Å². The first-order valence-corrected chi connectivity index (χ1v) is 19.2. The van der Waals surface area contributed by atoms with Crippen molar-refractivity contribution in [2.75, 3.05) is 13.1 Å². The number of unbranched alkanes of at least 4 members (excludes halogenated alkanes) is 12. The number of benzene rings is 1. The zero-order chi connectivity index (χ0) is 33.9. The van der Waals surface area contributed by atoms with E-state index in [-0.39, 0.29) is 35.3 Å². The van der Waals surface area contributed by atoms with E-state index in [0.29, 0.717) is 45.2 Å². The summed E-state index contributed by atoms with van der Waals surface area (Å²) >= 11 is 0. The summed E-state index contributed by atoms with van der Waals surface area (Å²) < 4.78 is 29.6. The van der Waals surface area contributed by atoms with Crippen LogP contribution in [0.4, 0.5) is 0 Å². The first-order chi connectivity index (χ1) is 22.2. The Morgan fingerprint density at radius 1 is 0.609 bits per heavy atom. The predicted octanol–water partition coefficient (Wildman–Crippen LogP) is 7.57. The summed E-state index contributed by atoms with van der Waals surface area (Å²) in [5.74, 6) is -1.40. The van der Waals surface area contributed by atoms with E-state index in [1.165, 1.54) is 57.1 Å². The molecular formula is C36H60N2O7S. The maximum Gasteiger partial charge on any atom is 0.341 e. The number of amides is 2. The van der Waals surface area contributed by atoms with Gasteiger partial charge in [-0.05, 0) is 50.7 Å². The van der Waals surface area contributed by atoms with E-state index >= 15 is 0 Å². The van der Waals surface area contributed by atoms with Crippen molar-refractivity contribution < 1.29 is 31.8 Å². The summed E-state index contributed by atoms with van der Waals surface area (Å²) in [6.45, 7) is 5.25. The van der Waals surface area contributed by atoms with Gasteiger partial charge in [-0.2, -0.15) is 8.42 Å². The second-order valence-corrected chi connectivity index (χ2v) is 13.8. The summed E-state index contributed by atoms with van der Waals surface area (Å²) in [4.78, 5) is 49.8. The van der Waals surface area contributed by atoms with Gasteiger partial charge in [-0.25, -0.2) is 0 Å². The molecule has 1 unspecified atom stereocenters. The fourth-order valence-electron chi connectivity index (χ4n) is 5.29. The molecule has 0 radical (unpaired) electrons. The molecule has 9 nitrogen and oxygen atoms in total. The molecule has 46 heavy (non-hydrogen) atoms.